The Labute approximate surface area is 123 Å². The van der Waals surface area contributed by atoms with Crippen molar-refractivity contribution in [3.8, 4) is 0 Å². The number of hydrogen-bond acceptors (Lipinski definition) is 3. The number of carbonyl (C=O) groups excluding carboxylic acids is 1. The summed E-state index contributed by atoms with van der Waals surface area (Å²) in [6.45, 7) is 2.37. The van der Waals surface area contributed by atoms with E-state index in [1.807, 2.05) is 0 Å². The molecule has 1 aromatic rings. The molecule has 0 radical (unpaired) electrons. The normalized spacial score (nSPS) is 21.8. The number of aromatic carboxylic acids is 1. The van der Waals surface area contributed by atoms with Crippen LogP contribution >= 0.6 is 0 Å². The van der Waals surface area contributed by atoms with Gasteiger partial charge in [0.25, 0.3) is 0 Å². The van der Waals surface area contributed by atoms with Crippen molar-refractivity contribution in [1.82, 2.24) is 10.6 Å². The zero-order chi connectivity index (χ0) is 15.2. The highest BCUT2D eigenvalue weighted by atomic mass is 16.4. The van der Waals surface area contributed by atoms with E-state index in [1.165, 1.54) is 12.5 Å². The van der Waals surface area contributed by atoms with Crippen LogP contribution in [0.1, 0.15) is 55.3 Å². The second-order valence-corrected chi connectivity index (χ2v) is 5.54. The van der Waals surface area contributed by atoms with Crippen LogP contribution in [0.25, 0.3) is 0 Å². The number of furan rings is 1. The molecule has 1 saturated carbocycles. The number of hydrogen-bond donors (Lipinski definition) is 3. The summed E-state index contributed by atoms with van der Waals surface area (Å²) >= 11 is 0. The summed E-state index contributed by atoms with van der Waals surface area (Å²) in [5, 5.41) is 14.4. The zero-order valence-corrected chi connectivity index (χ0v) is 12.2. The summed E-state index contributed by atoms with van der Waals surface area (Å²) in [6.07, 6.45) is 5.62. The molecule has 1 heterocycles. The Morgan fingerprint density at radius 3 is 2.86 bits per heavy atom. The Morgan fingerprint density at radius 1 is 1.38 bits per heavy atom. The molecule has 0 bridgehead atoms. The molecule has 6 heteroatoms. The maximum absolute atomic E-state index is 11.8. The van der Waals surface area contributed by atoms with Crippen molar-refractivity contribution in [3.05, 3.63) is 23.7 Å². The van der Waals surface area contributed by atoms with E-state index >= 15 is 0 Å². The summed E-state index contributed by atoms with van der Waals surface area (Å²) in [7, 11) is 0. The van der Waals surface area contributed by atoms with Crippen molar-refractivity contribution < 1.29 is 19.1 Å². The molecule has 2 unspecified atom stereocenters. The van der Waals surface area contributed by atoms with E-state index in [9.17, 15) is 9.59 Å². The predicted octanol–water partition coefficient (Wildman–Crippen LogP) is 2.75. The van der Waals surface area contributed by atoms with Crippen molar-refractivity contribution in [2.45, 2.75) is 51.6 Å². The first kappa shape index (κ1) is 15.4. The van der Waals surface area contributed by atoms with Crippen LogP contribution in [0.15, 0.2) is 16.5 Å². The van der Waals surface area contributed by atoms with E-state index in [0.717, 1.165) is 25.7 Å². The molecule has 6 nitrogen and oxygen atoms in total. The van der Waals surface area contributed by atoms with E-state index in [4.69, 9.17) is 9.52 Å². The molecule has 3 N–H and O–H groups in total. The maximum atomic E-state index is 11.8. The van der Waals surface area contributed by atoms with Gasteiger partial charge in [-0.1, -0.05) is 26.2 Å². The van der Waals surface area contributed by atoms with Gasteiger partial charge in [0.05, 0.1) is 6.54 Å². The fraction of sp³-hybridized carbons (Fsp3) is 0.600. The van der Waals surface area contributed by atoms with Crippen LogP contribution in [0.2, 0.25) is 0 Å². The first-order valence-electron chi connectivity index (χ1n) is 7.44. The Morgan fingerprint density at radius 2 is 2.19 bits per heavy atom. The van der Waals surface area contributed by atoms with E-state index < -0.39 is 5.97 Å². The summed E-state index contributed by atoms with van der Waals surface area (Å²) in [4.78, 5) is 22.5. The molecule has 0 spiro atoms. The monoisotopic (exact) mass is 294 g/mol. The standard InChI is InChI=1S/C15H22N2O4/c1-2-10-4-3-5-11(8-10)17-15(20)16-9-12-6-7-13(21-12)14(18)19/h6-7,10-11H,2-5,8-9H2,1H3,(H,18,19)(H2,16,17,20). The average molecular weight is 294 g/mol. The molecule has 116 valence electrons. The molecule has 0 aliphatic heterocycles. The lowest BCUT2D eigenvalue weighted by atomic mass is 9.84. The van der Waals surface area contributed by atoms with Crippen LogP contribution in [-0.4, -0.2) is 23.1 Å². The minimum Gasteiger partial charge on any atom is -0.475 e. The quantitative estimate of drug-likeness (QED) is 0.778. The van der Waals surface area contributed by atoms with E-state index in [0.29, 0.717) is 11.7 Å². The van der Waals surface area contributed by atoms with Gasteiger partial charge in [-0.05, 0) is 30.9 Å². The average Bonchev–Trinajstić information content (AvgIpc) is 2.94. The van der Waals surface area contributed by atoms with Crippen molar-refractivity contribution >= 4 is 12.0 Å². The SMILES string of the molecule is CCC1CCCC(NC(=O)NCc2ccc(C(=O)O)o2)C1. The fourth-order valence-corrected chi connectivity index (χ4v) is 2.78. The number of carbonyl (C=O) groups is 2. The Kier molecular flexibility index (Phi) is 5.25. The summed E-state index contributed by atoms with van der Waals surface area (Å²) in [5.41, 5.74) is 0. The Hall–Kier alpha value is -1.98. The van der Waals surface area contributed by atoms with Gasteiger partial charge in [0.2, 0.25) is 5.76 Å². The van der Waals surface area contributed by atoms with Crippen molar-refractivity contribution in [2.24, 2.45) is 5.92 Å². The van der Waals surface area contributed by atoms with Gasteiger partial charge in [-0.3, -0.25) is 0 Å². The molecular formula is C15H22N2O4. The smallest absolute Gasteiger partial charge is 0.371 e. The van der Waals surface area contributed by atoms with Crippen molar-refractivity contribution in [1.29, 1.82) is 0 Å². The highest BCUT2D eigenvalue weighted by Crippen LogP contribution is 2.26. The van der Waals surface area contributed by atoms with Gasteiger partial charge in [-0.2, -0.15) is 0 Å². The third-order valence-electron chi connectivity index (χ3n) is 3.99. The summed E-state index contributed by atoms with van der Waals surface area (Å²) in [5.74, 6) is -0.103. The highest BCUT2D eigenvalue weighted by Gasteiger charge is 2.22. The van der Waals surface area contributed by atoms with E-state index in [2.05, 4.69) is 17.6 Å². The largest absolute Gasteiger partial charge is 0.475 e. The maximum Gasteiger partial charge on any atom is 0.371 e. The van der Waals surface area contributed by atoms with Gasteiger partial charge in [0, 0.05) is 6.04 Å². The second kappa shape index (κ2) is 7.15. The lowest BCUT2D eigenvalue weighted by molar-refractivity contribution is 0.0660. The third kappa shape index (κ3) is 4.51. The first-order chi connectivity index (χ1) is 10.1. The van der Waals surface area contributed by atoms with Crippen LogP contribution in [0, 0.1) is 5.92 Å². The molecular weight excluding hydrogens is 272 g/mol. The molecule has 21 heavy (non-hydrogen) atoms. The third-order valence-corrected chi connectivity index (χ3v) is 3.99. The number of carboxylic acids is 1. The fourth-order valence-electron chi connectivity index (χ4n) is 2.78. The van der Waals surface area contributed by atoms with Gasteiger partial charge in [-0.15, -0.1) is 0 Å². The van der Waals surface area contributed by atoms with Gasteiger partial charge >= 0.3 is 12.0 Å². The minimum atomic E-state index is -1.11. The second-order valence-electron chi connectivity index (χ2n) is 5.54. The van der Waals surface area contributed by atoms with Crippen LogP contribution in [0.4, 0.5) is 4.79 Å². The van der Waals surface area contributed by atoms with Gasteiger partial charge in [-0.25, -0.2) is 9.59 Å². The van der Waals surface area contributed by atoms with Gasteiger partial charge in [0.15, 0.2) is 0 Å². The van der Waals surface area contributed by atoms with Crippen LogP contribution < -0.4 is 10.6 Å². The zero-order valence-electron chi connectivity index (χ0n) is 12.2. The number of amides is 2. The molecule has 2 rings (SSSR count). The predicted molar refractivity (Wildman–Crippen MR) is 77.1 cm³/mol. The molecule has 1 aromatic heterocycles. The van der Waals surface area contributed by atoms with Crippen LogP contribution in [-0.2, 0) is 6.54 Å². The van der Waals surface area contributed by atoms with E-state index in [1.54, 1.807) is 6.07 Å². The number of rotatable bonds is 5. The van der Waals surface area contributed by atoms with Crippen molar-refractivity contribution in [2.75, 3.05) is 0 Å². The van der Waals surface area contributed by atoms with Crippen LogP contribution in [0.5, 0.6) is 0 Å². The number of carboxylic acid groups (broad SMARTS) is 1. The molecule has 0 aromatic carbocycles. The molecule has 1 aliphatic carbocycles. The molecule has 0 saturated heterocycles. The van der Waals surface area contributed by atoms with E-state index in [-0.39, 0.29) is 24.4 Å². The Balaban J connectivity index is 1.75. The molecule has 1 fully saturated rings. The summed E-state index contributed by atoms with van der Waals surface area (Å²) < 4.78 is 5.08. The minimum absolute atomic E-state index is 0.120. The lowest BCUT2D eigenvalue weighted by Gasteiger charge is -2.29. The summed E-state index contributed by atoms with van der Waals surface area (Å²) in [6, 6.07) is 2.93. The highest BCUT2D eigenvalue weighted by molar-refractivity contribution is 5.84. The molecule has 1 aliphatic rings. The number of nitrogens with one attached hydrogen (secondary N) is 2. The van der Waals surface area contributed by atoms with Gasteiger partial charge < -0.3 is 20.2 Å². The first-order valence-corrected chi connectivity index (χ1v) is 7.44. The lowest BCUT2D eigenvalue weighted by Crippen LogP contribution is -2.43. The van der Waals surface area contributed by atoms with Crippen LogP contribution in [0.3, 0.4) is 0 Å². The number of urea groups is 1. The van der Waals surface area contributed by atoms with Gasteiger partial charge in [0.1, 0.15) is 5.76 Å². The Bertz CT molecular complexity index is 498. The molecule has 2 amide bonds. The van der Waals surface area contributed by atoms with Crippen molar-refractivity contribution in [3.63, 3.8) is 0 Å². The molecule has 2 atom stereocenters. The topological polar surface area (TPSA) is 91.6 Å².